The van der Waals surface area contributed by atoms with Gasteiger partial charge in [0, 0.05) is 37.2 Å². The van der Waals surface area contributed by atoms with E-state index in [-0.39, 0.29) is 17.8 Å². The first-order chi connectivity index (χ1) is 16.2. The molecule has 1 aromatic carbocycles. The number of H-pyrrole nitrogens is 1. The first-order valence-electron chi connectivity index (χ1n) is 11.8. The summed E-state index contributed by atoms with van der Waals surface area (Å²) in [7, 11) is 0. The van der Waals surface area contributed by atoms with Crippen LogP contribution in [0.25, 0.3) is 0 Å². The van der Waals surface area contributed by atoms with Gasteiger partial charge in [0.2, 0.25) is 5.91 Å². The number of nitrogens with one attached hydrogen (secondary N) is 1. The molecule has 0 radical (unpaired) electrons. The van der Waals surface area contributed by atoms with Crippen LogP contribution in [0.1, 0.15) is 59.3 Å². The van der Waals surface area contributed by atoms with E-state index in [0.717, 1.165) is 35.5 Å². The number of hydrogen-bond donors (Lipinski definition) is 1. The Morgan fingerprint density at radius 2 is 2.00 bits per heavy atom. The van der Waals surface area contributed by atoms with E-state index in [2.05, 4.69) is 10.2 Å². The van der Waals surface area contributed by atoms with Crippen LogP contribution >= 0.6 is 0 Å². The van der Waals surface area contributed by atoms with Gasteiger partial charge in [0.15, 0.2) is 0 Å². The van der Waals surface area contributed by atoms with Crippen molar-refractivity contribution in [2.24, 2.45) is 0 Å². The first kappa shape index (κ1) is 21.8. The number of ether oxygens (including phenoxy) is 1. The molecule has 1 atom stereocenters. The predicted octanol–water partition coefficient (Wildman–Crippen LogP) is 3.95. The number of halogens is 1. The minimum atomic E-state index is -0.243. The van der Waals surface area contributed by atoms with E-state index in [1.807, 2.05) is 23.1 Å². The van der Waals surface area contributed by atoms with Crippen LogP contribution < -0.4 is 0 Å². The van der Waals surface area contributed by atoms with E-state index in [9.17, 15) is 9.18 Å². The Labute approximate surface area is 193 Å². The number of aryl methyl sites for hydroxylation is 2. The highest BCUT2D eigenvalue weighted by Crippen LogP contribution is 2.25. The number of carbonyl (C=O) groups is 1. The Morgan fingerprint density at radius 3 is 2.88 bits per heavy atom. The van der Waals surface area contributed by atoms with Gasteiger partial charge in [-0.2, -0.15) is 5.10 Å². The lowest BCUT2D eigenvalue weighted by molar-refractivity contribution is -0.139. The molecule has 6 nitrogen and oxygen atoms in total. The summed E-state index contributed by atoms with van der Waals surface area (Å²) >= 11 is 0. The Kier molecular flexibility index (Phi) is 6.48. The van der Waals surface area contributed by atoms with Crippen molar-refractivity contribution in [2.75, 3.05) is 19.7 Å². The molecule has 7 heteroatoms. The third-order valence-corrected chi connectivity index (χ3v) is 6.59. The van der Waals surface area contributed by atoms with Crippen molar-refractivity contribution in [1.29, 1.82) is 0 Å². The lowest BCUT2D eigenvalue weighted by atomic mass is 9.94. The fourth-order valence-electron chi connectivity index (χ4n) is 4.78. The summed E-state index contributed by atoms with van der Waals surface area (Å²) in [4.78, 5) is 19.6. The minimum absolute atomic E-state index is 0.137. The summed E-state index contributed by atoms with van der Waals surface area (Å²) < 4.78 is 19.1. The molecular formula is C26H29FN4O2. The number of amides is 1. The molecule has 0 spiro atoms. The molecule has 2 aromatic heterocycles. The van der Waals surface area contributed by atoms with Gasteiger partial charge in [0.05, 0.1) is 24.5 Å². The number of hydrogen-bond acceptors (Lipinski definition) is 4. The number of nitrogens with zero attached hydrogens (tertiary/aromatic N) is 3. The maximum absolute atomic E-state index is 13.2. The Hall–Kier alpha value is -3.06. The first-order valence-corrected chi connectivity index (χ1v) is 11.8. The van der Waals surface area contributed by atoms with Gasteiger partial charge in [-0.3, -0.25) is 14.9 Å². The molecule has 0 unspecified atom stereocenters. The third-order valence-electron chi connectivity index (χ3n) is 6.59. The second-order valence-corrected chi connectivity index (χ2v) is 8.89. The molecule has 1 saturated heterocycles. The number of rotatable bonds is 6. The van der Waals surface area contributed by atoms with E-state index < -0.39 is 0 Å². The second-order valence-electron chi connectivity index (χ2n) is 8.89. The SMILES string of the molecule is O=C(CCc1n[nH]c2c1CCCC2)N1CCO[C@H](c2cccc(Cc3ccc(F)cc3)n2)C1. The Balaban J connectivity index is 1.20. The van der Waals surface area contributed by atoms with Crippen LogP contribution in [-0.2, 0) is 35.2 Å². The van der Waals surface area contributed by atoms with Crippen molar-refractivity contribution in [2.45, 2.75) is 51.0 Å². The van der Waals surface area contributed by atoms with Crippen LogP contribution in [0.2, 0.25) is 0 Å². The minimum Gasteiger partial charge on any atom is -0.368 e. The standard InChI is InChI=1S/C26H29FN4O2/c27-19-10-8-18(9-11-19)16-20-4-3-7-24(28-20)25-17-31(14-15-33-25)26(32)13-12-23-21-5-1-2-6-22(21)29-30-23/h3-4,7-11,25H,1-2,5-6,12-17H2,(H,29,30)/t25-/m0/s1. The maximum atomic E-state index is 13.2. The molecular weight excluding hydrogens is 419 g/mol. The van der Waals surface area contributed by atoms with Crippen LogP contribution in [0.15, 0.2) is 42.5 Å². The number of fused-ring (bicyclic) bond motifs is 1. The largest absolute Gasteiger partial charge is 0.368 e. The van der Waals surface area contributed by atoms with Gasteiger partial charge >= 0.3 is 0 Å². The average molecular weight is 449 g/mol. The lowest BCUT2D eigenvalue weighted by Crippen LogP contribution is -2.42. The molecule has 1 amide bonds. The van der Waals surface area contributed by atoms with Gasteiger partial charge in [-0.15, -0.1) is 0 Å². The zero-order chi connectivity index (χ0) is 22.6. The monoisotopic (exact) mass is 448 g/mol. The number of aromatic amines is 1. The van der Waals surface area contributed by atoms with Gasteiger partial charge in [0.1, 0.15) is 11.9 Å². The quantitative estimate of drug-likeness (QED) is 0.620. The third kappa shape index (κ3) is 5.14. The summed E-state index contributed by atoms with van der Waals surface area (Å²) in [6.45, 7) is 1.60. The zero-order valence-electron chi connectivity index (χ0n) is 18.7. The van der Waals surface area contributed by atoms with Crippen molar-refractivity contribution in [3.8, 4) is 0 Å². The lowest BCUT2D eigenvalue weighted by Gasteiger charge is -2.33. The normalized spacial score (nSPS) is 18.2. The van der Waals surface area contributed by atoms with Crippen molar-refractivity contribution in [3.63, 3.8) is 0 Å². The second kappa shape index (κ2) is 9.83. The van der Waals surface area contributed by atoms with Crippen LogP contribution in [-0.4, -0.2) is 45.7 Å². The van der Waals surface area contributed by atoms with Crippen molar-refractivity contribution in [3.05, 3.63) is 82.2 Å². The topological polar surface area (TPSA) is 71.1 Å². The Morgan fingerprint density at radius 1 is 1.15 bits per heavy atom. The van der Waals surface area contributed by atoms with E-state index in [4.69, 9.17) is 9.72 Å². The number of morpholine rings is 1. The fourth-order valence-corrected chi connectivity index (χ4v) is 4.78. The molecule has 1 aliphatic carbocycles. The molecule has 3 heterocycles. The summed E-state index contributed by atoms with van der Waals surface area (Å²) in [6, 6.07) is 12.4. The van der Waals surface area contributed by atoms with Crippen LogP contribution in [0.4, 0.5) is 4.39 Å². The number of benzene rings is 1. The molecule has 1 fully saturated rings. The molecule has 33 heavy (non-hydrogen) atoms. The highest BCUT2D eigenvalue weighted by molar-refractivity contribution is 5.76. The van der Waals surface area contributed by atoms with Crippen LogP contribution in [0.5, 0.6) is 0 Å². The summed E-state index contributed by atoms with van der Waals surface area (Å²) in [5.41, 5.74) is 6.36. The van der Waals surface area contributed by atoms with Gasteiger partial charge in [0.25, 0.3) is 0 Å². The number of carbonyl (C=O) groups excluding carboxylic acids is 1. The van der Waals surface area contributed by atoms with Crippen molar-refractivity contribution >= 4 is 5.91 Å². The zero-order valence-corrected chi connectivity index (χ0v) is 18.7. The molecule has 3 aromatic rings. The Bertz CT molecular complexity index is 1110. The van der Waals surface area contributed by atoms with E-state index >= 15 is 0 Å². The van der Waals surface area contributed by atoms with Crippen molar-refractivity contribution < 1.29 is 13.9 Å². The molecule has 5 rings (SSSR count). The van der Waals surface area contributed by atoms with Gasteiger partial charge in [-0.25, -0.2) is 4.39 Å². The van der Waals surface area contributed by atoms with Crippen molar-refractivity contribution in [1.82, 2.24) is 20.1 Å². The molecule has 2 aliphatic rings. The average Bonchev–Trinajstić information content (AvgIpc) is 3.27. The van der Waals surface area contributed by atoms with Gasteiger partial charge < -0.3 is 9.64 Å². The van der Waals surface area contributed by atoms with E-state index in [1.54, 1.807) is 12.1 Å². The number of aromatic nitrogens is 3. The smallest absolute Gasteiger partial charge is 0.223 e. The van der Waals surface area contributed by atoms with Gasteiger partial charge in [-0.05, 0) is 61.1 Å². The summed E-state index contributed by atoms with van der Waals surface area (Å²) in [5, 5.41) is 7.64. The van der Waals surface area contributed by atoms with Gasteiger partial charge in [-0.1, -0.05) is 18.2 Å². The highest BCUT2D eigenvalue weighted by atomic mass is 19.1. The molecule has 0 bridgehead atoms. The van der Waals surface area contributed by atoms with Crippen LogP contribution in [0, 0.1) is 5.82 Å². The predicted molar refractivity (Wildman–Crippen MR) is 122 cm³/mol. The van der Waals surface area contributed by atoms with Crippen LogP contribution in [0.3, 0.4) is 0 Å². The number of pyridine rings is 1. The maximum Gasteiger partial charge on any atom is 0.223 e. The fraction of sp³-hybridized carbons (Fsp3) is 0.423. The molecule has 1 aliphatic heterocycles. The molecule has 0 saturated carbocycles. The van der Waals surface area contributed by atoms with E-state index in [0.29, 0.717) is 39.0 Å². The summed E-state index contributed by atoms with van der Waals surface area (Å²) in [5.74, 6) is -0.105. The van der Waals surface area contributed by atoms with E-state index in [1.165, 1.54) is 36.2 Å². The molecule has 1 N–H and O–H groups in total. The molecule has 172 valence electrons. The summed E-state index contributed by atoms with van der Waals surface area (Å²) in [6.07, 6.45) is 6.06. The highest BCUT2D eigenvalue weighted by Gasteiger charge is 2.27.